The van der Waals surface area contributed by atoms with Gasteiger partial charge in [-0.15, -0.1) is 0 Å². The largest absolute Gasteiger partial charge is 0.309 e. The van der Waals surface area contributed by atoms with Gasteiger partial charge in [0, 0.05) is 32.9 Å². The molecule has 1 aliphatic carbocycles. The lowest BCUT2D eigenvalue weighted by Crippen LogP contribution is -2.00. The Labute approximate surface area is 370 Å². The van der Waals surface area contributed by atoms with E-state index in [0.29, 0.717) is 0 Å². The van der Waals surface area contributed by atoms with E-state index in [1.807, 2.05) is 0 Å². The normalized spacial score (nSPS) is 12.1. The molecule has 0 radical (unpaired) electrons. The van der Waals surface area contributed by atoms with Gasteiger partial charge in [-0.3, -0.25) is 0 Å². The molecule has 0 atom stereocenters. The van der Waals surface area contributed by atoms with Crippen LogP contribution in [0, 0.1) is 0 Å². The molecule has 1 aliphatic rings. The summed E-state index contributed by atoms with van der Waals surface area (Å²) in [5.74, 6) is 0. The molecule has 0 spiro atoms. The van der Waals surface area contributed by atoms with Crippen LogP contribution in [0.15, 0.2) is 231 Å². The van der Waals surface area contributed by atoms with E-state index in [1.165, 1.54) is 121 Å². The van der Waals surface area contributed by atoms with Crippen molar-refractivity contribution in [3.8, 4) is 67.0 Å². The van der Waals surface area contributed by atoms with E-state index in [0.717, 1.165) is 11.4 Å². The molecule has 0 saturated heterocycles. The molecule has 296 valence electrons. The number of aromatic nitrogens is 2. The fraction of sp³-hybridized carbons (Fsp3) is 0. The van der Waals surface area contributed by atoms with Crippen LogP contribution in [0.2, 0.25) is 0 Å². The van der Waals surface area contributed by atoms with Crippen molar-refractivity contribution in [1.82, 2.24) is 9.13 Å². The van der Waals surface area contributed by atoms with Crippen molar-refractivity contribution >= 4 is 65.2 Å². The van der Waals surface area contributed by atoms with Crippen LogP contribution >= 0.6 is 0 Å². The molecule has 2 aromatic heterocycles. The third-order valence-electron chi connectivity index (χ3n) is 13.8. The highest BCUT2D eigenvalue weighted by Gasteiger charge is 2.31. The quantitative estimate of drug-likeness (QED) is 0.164. The summed E-state index contributed by atoms with van der Waals surface area (Å²) in [7, 11) is 0. The molecule has 0 bridgehead atoms. The number of nitrogens with zero attached hydrogens (tertiary/aromatic N) is 2. The molecule has 11 aromatic carbocycles. The minimum Gasteiger partial charge on any atom is -0.309 e. The zero-order valence-electron chi connectivity index (χ0n) is 34.8. The van der Waals surface area contributed by atoms with E-state index >= 15 is 0 Å². The summed E-state index contributed by atoms with van der Waals surface area (Å²) < 4.78 is 4.93. The summed E-state index contributed by atoms with van der Waals surface area (Å²) in [4.78, 5) is 0. The Balaban J connectivity index is 1.10. The molecule has 0 fully saturated rings. The van der Waals surface area contributed by atoms with Crippen molar-refractivity contribution in [3.63, 3.8) is 0 Å². The summed E-state index contributed by atoms with van der Waals surface area (Å²) in [6.45, 7) is 0. The Bertz CT molecular complexity index is 3720. The minimum atomic E-state index is 1.13. The predicted molar refractivity (Wildman–Crippen MR) is 271 cm³/mol. The zero-order chi connectivity index (χ0) is 41.9. The number of hydrogen-bond donors (Lipinski definition) is 0. The van der Waals surface area contributed by atoms with Crippen molar-refractivity contribution in [2.45, 2.75) is 0 Å². The van der Waals surface area contributed by atoms with Crippen molar-refractivity contribution in [3.05, 3.63) is 231 Å². The third-order valence-corrected chi connectivity index (χ3v) is 13.8. The van der Waals surface area contributed by atoms with Gasteiger partial charge in [0.2, 0.25) is 0 Å². The first-order chi connectivity index (χ1) is 31.8. The van der Waals surface area contributed by atoms with E-state index in [-0.39, 0.29) is 0 Å². The number of hydrogen-bond acceptors (Lipinski definition) is 0. The molecule has 13 aromatic rings. The molecule has 64 heavy (non-hydrogen) atoms. The predicted octanol–water partition coefficient (Wildman–Crippen LogP) is 16.8. The van der Waals surface area contributed by atoms with Crippen LogP contribution in [0.4, 0.5) is 0 Å². The molecule has 2 nitrogen and oxygen atoms in total. The average Bonchev–Trinajstić information content (AvgIpc) is 4.00. The molecular weight excluding hydrogens is 773 g/mol. The van der Waals surface area contributed by atoms with Gasteiger partial charge in [-0.25, -0.2) is 0 Å². The lowest BCUT2D eigenvalue weighted by molar-refractivity contribution is 1.13. The third kappa shape index (κ3) is 4.91. The topological polar surface area (TPSA) is 9.86 Å². The van der Waals surface area contributed by atoms with Gasteiger partial charge in [-0.05, 0) is 120 Å². The monoisotopic (exact) mass is 810 g/mol. The van der Waals surface area contributed by atoms with Gasteiger partial charge in [0.1, 0.15) is 0 Å². The van der Waals surface area contributed by atoms with Crippen LogP contribution in [0.25, 0.3) is 132 Å². The second-order valence-corrected chi connectivity index (χ2v) is 17.1. The van der Waals surface area contributed by atoms with Crippen LogP contribution in [-0.2, 0) is 0 Å². The van der Waals surface area contributed by atoms with Crippen LogP contribution in [0.1, 0.15) is 0 Å². The smallest absolute Gasteiger partial charge is 0.0541 e. The fourth-order valence-corrected chi connectivity index (χ4v) is 11.3. The SMILES string of the molecule is c1ccc(-c2c3c(c(-c4ccccc4)c4ccccc24)-c2ccc(-c4cc(-n5c6ccccc6c6ccccc65)cc(-n5c6ccccc6c6ccccc65)c4)c4cccc-3c24)cc1. The minimum absolute atomic E-state index is 1.13. The van der Waals surface area contributed by atoms with Gasteiger partial charge in [-0.2, -0.15) is 0 Å². The Kier molecular flexibility index (Phi) is 7.43. The molecule has 0 unspecified atom stereocenters. The molecule has 0 saturated carbocycles. The lowest BCUT2D eigenvalue weighted by Gasteiger charge is -2.20. The van der Waals surface area contributed by atoms with Gasteiger partial charge in [-0.1, -0.05) is 188 Å². The summed E-state index contributed by atoms with van der Waals surface area (Å²) in [5, 5.41) is 10.1. The Morgan fingerprint density at radius 1 is 0.219 bits per heavy atom. The van der Waals surface area contributed by atoms with E-state index in [2.05, 4.69) is 240 Å². The van der Waals surface area contributed by atoms with Gasteiger partial charge in [0.25, 0.3) is 0 Å². The lowest BCUT2D eigenvalue weighted by atomic mass is 9.82. The number of rotatable bonds is 5. The molecule has 0 amide bonds. The highest BCUT2D eigenvalue weighted by Crippen LogP contribution is 2.58. The fourth-order valence-electron chi connectivity index (χ4n) is 11.3. The van der Waals surface area contributed by atoms with Crippen LogP contribution in [0.5, 0.6) is 0 Å². The first-order valence-electron chi connectivity index (χ1n) is 22.2. The summed E-state index contributed by atoms with van der Waals surface area (Å²) in [6, 6.07) is 85.3. The molecule has 0 N–H and O–H groups in total. The van der Waals surface area contributed by atoms with Crippen LogP contribution < -0.4 is 0 Å². The zero-order valence-corrected chi connectivity index (χ0v) is 34.8. The second kappa shape index (κ2) is 13.5. The first kappa shape index (κ1) is 35.2. The van der Waals surface area contributed by atoms with E-state index in [9.17, 15) is 0 Å². The van der Waals surface area contributed by atoms with Crippen LogP contribution in [-0.4, -0.2) is 9.13 Å². The highest BCUT2D eigenvalue weighted by atomic mass is 15.0. The van der Waals surface area contributed by atoms with Gasteiger partial charge in [0.05, 0.1) is 22.1 Å². The molecule has 2 heteroatoms. The Morgan fingerprint density at radius 3 is 1.03 bits per heavy atom. The van der Waals surface area contributed by atoms with Gasteiger partial charge >= 0.3 is 0 Å². The summed E-state index contributed by atoms with van der Waals surface area (Å²) in [6.07, 6.45) is 0. The van der Waals surface area contributed by atoms with Crippen LogP contribution in [0.3, 0.4) is 0 Å². The first-order valence-corrected chi connectivity index (χ1v) is 22.2. The van der Waals surface area contributed by atoms with Gasteiger partial charge in [0.15, 0.2) is 0 Å². The second-order valence-electron chi connectivity index (χ2n) is 17.1. The maximum absolute atomic E-state index is 2.46. The molecule has 0 aliphatic heterocycles. The number of para-hydroxylation sites is 4. The van der Waals surface area contributed by atoms with Crippen molar-refractivity contribution < 1.29 is 0 Å². The molecular formula is C62H38N2. The summed E-state index contributed by atoms with van der Waals surface area (Å²) >= 11 is 0. The number of benzene rings is 11. The Morgan fingerprint density at radius 2 is 0.578 bits per heavy atom. The Hall–Kier alpha value is -8.46. The van der Waals surface area contributed by atoms with Crippen molar-refractivity contribution in [2.24, 2.45) is 0 Å². The average molecular weight is 811 g/mol. The van der Waals surface area contributed by atoms with E-state index < -0.39 is 0 Å². The van der Waals surface area contributed by atoms with E-state index in [4.69, 9.17) is 0 Å². The highest BCUT2D eigenvalue weighted by molar-refractivity contribution is 6.29. The maximum Gasteiger partial charge on any atom is 0.0541 e. The number of fused-ring (bicyclic) bond motifs is 10. The standard InChI is InChI=1S/C62H38N2/c1-3-18-39(19-4-1)58-50-26-7-8-27-51(50)59(40-20-5-2-6-21-40)62-53-35-34-44(49-28-17-29-52(60(49)53)61(58)62)41-36-42(63-54-30-13-9-22-45(54)46-23-10-14-31-55(46)63)38-43(37-41)64-56-32-15-11-24-47(56)48-25-12-16-33-57(48)64/h1-38H. The summed E-state index contributed by atoms with van der Waals surface area (Å²) in [5.41, 5.74) is 19.6. The van der Waals surface area contributed by atoms with E-state index in [1.54, 1.807) is 0 Å². The maximum atomic E-state index is 2.46. The molecule has 2 heterocycles. The van der Waals surface area contributed by atoms with Crippen molar-refractivity contribution in [1.29, 1.82) is 0 Å². The van der Waals surface area contributed by atoms with Crippen molar-refractivity contribution in [2.75, 3.05) is 0 Å². The van der Waals surface area contributed by atoms with Gasteiger partial charge < -0.3 is 9.13 Å². The molecule has 14 rings (SSSR count).